The van der Waals surface area contributed by atoms with Crippen molar-refractivity contribution in [3.05, 3.63) is 70.1 Å². The molecule has 0 bridgehead atoms. The van der Waals surface area contributed by atoms with Crippen LogP contribution in [0.1, 0.15) is 11.3 Å². The summed E-state index contributed by atoms with van der Waals surface area (Å²) in [6.07, 6.45) is 0. The number of hydrogen-bond donors (Lipinski definition) is 2. The molecule has 3 rings (SSSR count). The third kappa shape index (κ3) is 4.17. The molecular weight excluding hydrogens is 374 g/mol. The highest BCUT2D eigenvalue weighted by Gasteiger charge is 2.18. The molecule has 8 nitrogen and oxygen atoms in total. The average Bonchev–Trinajstić information content (AvgIpc) is 2.95. The monoisotopic (exact) mass is 397 g/mol. The lowest BCUT2D eigenvalue weighted by Crippen LogP contribution is -2.25. The summed E-state index contributed by atoms with van der Waals surface area (Å²) in [5, 5.41) is 11.8. The Morgan fingerprint density at radius 2 is 1.86 bits per heavy atom. The molecule has 0 saturated carbocycles. The molecule has 29 heavy (non-hydrogen) atoms. The number of carbonyl (C=O) groups is 1. The molecule has 2 N–H and O–H groups in total. The normalized spacial score (nSPS) is 10.6. The van der Waals surface area contributed by atoms with Gasteiger partial charge >= 0.3 is 0 Å². The minimum Gasteiger partial charge on any atom is -0.493 e. The van der Waals surface area contributed by atoms with Gasteiger partial charge in [-0.05, 0) is 36.8 Å². The molecule has 0 radical (unpaired) electrons. The van der Waals surface area contributed by atoms with Crippen LogP contribution in [0.2, 0.25) is 0 Å². The van der Waals surface area contributed by atoms with Gasteiger partial charge in [-0.3, -0.25) is 14.3 Å². The van der Waals surface area contributed by atoms with Crippen molar-refractivity contribution < 1.29 is 19.4 Å². The van der Waals surface area contributed by atoms with Crippen molar-refractivity contribution in [2.45, 2.75) is 13.5 Å². The minimum absolute atomic E-state index is 0.127. The highest BCUT2D eigenvalue weighted by atomic mass is 16.5. The van der Waals surface area contributed by atoms with Gasteiger partial charge in [0.05, 0.1) is 25.1 Å². The Morgan fingerprint density at radius 1 is 1.14 bits per heavy atom. The number of rotatable bonds is 7. The van der Waals surface area contributed by atoms with E-state index in [1.807, 2.05) is 30.3 Å². The number of amides is 1. The topological polar surface area (TPSA) is 94.7 Å². The number of nitrogens with one attached hydrogen (secondary N) is 1. The molecule has 0 aliphatic carbocycles. The van der Waals surface area contributed by atoms with E-state index in [2.05, 4.69) is 5.32 Å². The van der Waals surface area contributed by atoms with Crippen LogP contribution in [0.5, 0.6) is 11.5 Å². The fourth-order valence-electron chi connectivity index (χ4n) is 2.96. The Labute approximate surface area is 167 Å². The molecule has 1 amide bonds. The summed E-state index contributed by atoms with van der Waals surface area (Å²) >= 11 is 0. The number of ether oxygens (including phenoxy) is 2. The lowest BCUT2D eigenvalue weighted by atomic mass is 10.2. The van der Waals surface area contributed by atoms with E-state index in [9.17, 15) is 14.7 Å². The predicted molar refractivity (Wildman–Crippen MR) is 109 cm³/mol. The van der Waals surface area contributed by atoms with Crippen molar-refractivity contribution in [1.82, 2.24) is 9.36 Å². The number of hydrogen-bond acceptors (Lipinski definition) is 5. The Bertz CT molecular complexity index is 1070. The predicted octanol–water partition coefficient (Wildman–Crippen LogP) is 2.00. The van der Waals surface area contributed by atoms with E-state index in [-0.39, 0.29) is 24.5 Å². The quantitative estimate of drug-likeness (QED) is 0.636. The van der Waals surface area contributed by atoms with Crippen LogP contribution in [0.3, 0.4) is 0 Å². The van der Waals surface area contributed by atoms with Gasteiger partial charge < -0.3 is 19.9 Å². The van der Waals surface area contributed by atoms with Gasteiger partial charge in [0.2, 0.25) is 0 Å². The summed E-state index contributed by atoms with van der Waals surface area (Å²) in [5.41, 5.74) is 1.87. The summed E-state index contributed by atoms with van der Waals surface area (Å²) < 4.78 is 13.9. The zero-order valence-electron chi connectivity index (χ0n) is 16.5. The van der Waals surface area contributed by atoms with Crippen molar-refractivity contribution in [2.24, 2.45) is 7.05 Å². The smallest absolute Gasteiger partial charge is 0.295 e. The SMILES string of the molecule is COc1cc(CO)ccc1OCC(=O)Nc1c(C)n(C)n(-c2ccccc2)c1=O. The number of nitrogens with zero attached hydrogens (tertiary/aromatic N) is 2. The van der Waals surface area contributed by atoms with Gasteiger partial charge in [0.1, 0.15) is 5.69 Å². The van der Waals surface area contributed by atoms with Crippen molar-refractivity contribution in [3.8, 4) is 17.2 Å². The Hall–Kier alpha value is -3.52. The number of carbonyl (C=O) groups excluding carboxylic acids is 1. The first-order valence-electron chi connectivity index (χ1n) is 9.00. The van der Waals surface area contributed by atoms with Gasteiger partial charge in [0, 0.05) is 7.05 Å². The number of aliphatic hydroxyl groups excluding tert-OH is 1. The Balaban J connectivity index is 1.76. The van der Waals surface area contributed by atoms with Gasteiger partial charge in [0.15, 0.2) is 18.1 Å². The van der Waals surface area contributed by atoms with Crippen LogP contribution in [0.4, 0.5) is 5.69 Å². The van der Waals surface area contributed by atoms with Crippen LogP contribution >= 0.6 is 0 Å². The third-order valence-corrected chi connectivity index (χ3v) is 4.59. The molecule has 0 atom stereocenters. The second kappa shape index (κ2) is 8.66. The molecule has 0 aliphatic heterocycles. The molecule has 2 aromatic carbocycles. The van der Waals surface area contributed by atoms with Gasteiger partial charge in [0.25, 0.3) is 11.5 Å². The number of aliphatic hydroxyl groups is 1. The van der Waals surface area contributed by atoms with Crippen LogP contribution in [-0.2, 0) is 18.4 Å². The molecule has 152 valence electrons. The van der Waals surface area contributed by atoms with Crippen LogP contribution < -0.4 is 20.3 Å². The number of methoxy groups -OCH3 is 1. The first-order chi connectivity index (χ1) is 14.0. The molecular formula is C21H23N3O5. The maximum atomic E-state index is 12.8. The highest BCUT2D eigenvalue weighted by molar-refractivity contribution is 5.92. The first kappa shape index (κ1) is 20.2. The second-order valence-electron chi connectivity index (χ2n) is 6.42. The second-order valence-corrected chi connectivity index (χ2v) is 6.42. The maximum Gasteiger partial charge on any atom is 0.295 e. The molecule has 0 spiro atoms. The molecule has 1 aromatic heterocycles. The third-order valence-electron chi connectivity index (χ3n) is 4.59. The van der Waals surface area contributed by atoms with E-state index >= 15 is 0 Å². The van der Waals surface area contributed by atoms with Crippen LogP contribution in [0.15, 0.2) is 53.3 Å². The van der Waals surface area contributed by atoms with Gasteiger partial charge in [-0.15, -0.1) is 0 Å². The van der Waals surface area contributed by atoms with Crippen LogP contribution in [0, 0.1) is 6.92 Å². The minimum atomic E-state index is -0.468. The van der Waals surface area contributed by atoms with Crippen LogP contribution in [-0.4, -0.2) is 34.1 Å². The molecule has 0 saturated heterocycles. The van der Waals surface area contributed by atoms with Crippen molar-refractivity contribution in [1.29, 1.82) is 0 Å². The van der Waals surface area contributed by atoms with E-state index in [1.165, 1.54) is 11.8 Å². The van der Waals surface area contributed by atoms with E-state index < -0.39 is 5.91 Å². The number of para-hydroxylation sites is 1. The zero-order valence-corrected chi connectivity index (χ0v) is 16.5. The largest absolute Gasteiger partial charge is 0.493 e. The number of anilines is 1. The molecule has 1 heterocycles. The summed E-state index contributed by atoms with van der Waals surface area (Å²) in [6.45, 7) is 1.33. The van der Waals surface area contributed by atoms with Crippen molar-refractivity contribution in [2.75, 3.05) is 19.0 Å². The average molecular weight is 397 g/mol. The zero-order chi connectivity index (χ0) is 21.0. The molecule has 0 unspecified atom stereocenters. The van der Waals surface area contributed by atoms with Gasteiger partial charge in [-0.25, -0.2) is 4.68 Å². The Kier molecular flexibility index (Phi) is 6.04. The molecule has 8 heteroatoms. The molecule has 0 fully saturated rings. The van der Waals surface area contributed by atoms with E-state index in [0.717, 1.165) is 0 Å². The maximum absolute atomic E-state index is 12.8. The van der Waals surface area contributed by atoms with Crippen molar-refractivity contribution in [3.63, 3.8) is 0 Å². The summed E-state index contributed by atoms with van der Waals surface area (Å²) in [5.74, 6) is 0.308. The lowest BCUT2D eigenvalue weighted by molar-refractivity contribution is -0.118. The van der Waals surface area contributed by atoms with Gasteiger partial charge in [-0.2, -0.15) is 0 Å². The molecule has 0 aliphatic rings. The lowest BCUT2D eigenvalue weighted by Gasteiger charge is -2.11. The van der Waals surface area contributed by atoms with Crippen LogP contribution in [0.25, 0.3) is 5.69 Å². The van der Waals surface area contributed by atoms with Crippen molar-refractivity contribution >= 4 is 11.6 Å². The number of aromatic nitrogens is 2. The summed E-state index contributed by atoms with van der Waals surface area (Å²) in [7, 11) is 3.23. The summed E-state index contributed by atoms with van der Waals surface area (Å²) in [4.78, 5) is 25.2. The fraction of sp³-hybridized carbons (Fsp3) is 0.238. The highest BCUT2D eigenvalue weighted by Crippen LogP contribution is 2.28. The van der Waals surface area contributed by atoms with Gasteiger partial charge in [-0.1, -0.05) is 24.3 Å². The first-order valence-corrected chi connectivity index (χ1v) is 9.00. The van der Waals surface area contributed by atoms with E-state index in [0.29, 0.717) is 28.4 Å². The standard InChI is InChI=1S/C21H23N3O5/c1-14-20(21(27)24(23(14)2)16-7-5-4-6-8-16)22-19(26)13-29-17-10-9-15(12-25)11-18(17)28-3/h4-11,25H,12-13H2,1-3H3,(H,22,26). The fourth-order valence-corrected chi connectivity index (χ4v) is 2.96. The summed E-state index contributed by atoms with van der Waals surface area (Å²) in [6, 6.07) is 14.1. The Morgan fingerprint density at radius 3 is 2.52 bits per heavy atom. The number of benzene rings is 2. The van der Waals surface area contributed by atoms with E-state index in [4.69, 9.17) is 9.47 Å². The molecule has 3 aromatic rings. The van der Waals surface area contributed by atoms with E-state index in [1.54, 1.807) is 36.9 Å².